The van der Waals surface area contributed by atoms with Gasteiger partial charge in [-0.1, -0.05) is 72.8 Å². The van der Waals surface area contributed by atoms with Crippen LogP contribution in [0.1, 0.15) is 92.6 Å². The molecule has 0 unspecified atom stereocenters. The normalized spacial score (nSPS) is 29.6. The number of amides is 2. The molecule has 0 spiro atoms. The van der Waals surface area contributed by atoms with Crippen molar-refractivity contribution in [2.24, 2.45) is 17.8 Å². The first kappa shape index (κ1) is 32.5. The van der Waals surface area contributed by atoms with Crippen LogP contribution in [0.3, 0.4) is 0 Å². The second kappa shape index (κ2) is 13.5. The zero-order valence-corrected chi connectivity index (χ0v) is 28.7. The molecule has 1 saturated heterocycles. The van der Waals surface area contributed by atoms with Crippen molar-refractivity contribution < 1.29 is 19.4 Å². The van der Waals surface area contributed by atoms with Crippen LogP contribution in [-0.4, -0.2) is 41.3 Å². The number of carbonyl (C=O) groups is 1. The highest BCUT2D eigenvalue weighted by atomic mass is 16.7. The van der Waals surface area contributed by atoms with Crippen LogP contribution in [0.15, 0.2) is 91.0 Å². The summed E-state index contributed by atoms with van der Waals surface area (Å²) < 4.78 is 13.4. The third kappa shape index (κ3) is 7.00. The van der Waals surface area contributed by atoms with E-state index in [9.17, 15) is 9.90 Å². The minimum atomic E-state index is -0.599. The van der Waals surface area contributed by atoms with Crippen LogP contribution in [0.5, 0.6) is 0 Å². The maximum atomic E-state index is 13.4. The average Bonchev–Trinajstić information content (AvgIpc) is 3.10. The fourth-order valence-corrected chi connectivity index (χ4v) is 9.66. The number of anilines is 1. The van der Waals surface area contributed by atoms with Gasteiger partial charge in [-0.25, -0.2) is 4.79 Å². The number of carbonyl (C=O) groups excluding carboxylic acids is 1. The fraction of sp³-hybridized carbons (Fsp3) is 0.452. The number of benzene rings is 4. The first-order valence-corrected chi connectivity index (χ1v) is 18.2. The largest absolute Gasteiger partial charge is 0.392 e. The number of nitrogens with zero attached hydrogens (tertiary/aromatic N) is 1. The van der Waals surface area contributed by atoms with Crippen molar-refractivity contribution in [3.8, 4) is 0 Å². The molecule has 7 nitrogen and oxygen atoms in total. The summed E-state index contributed by atoms with van der Waals surface area (Å²) in [6.45, 7) is 2.98. The molecule has 1 heterocycles. The van der Waals surface area contributed by atoms with E-state index >= 15 is 0 Å². The second-order valence-corrected chi connectivity index (χ2v) is 15.5. The number of aliphatic hydroxyl groups is 1. The van der Waals surface area contributed by atoms with Gasteiger partial charge in [0.1, 0.15) is 0 Å². The van der Waals surface area contributed by atoms with Gasteiger partial charge in [0.15, 0.2) is 6.29 Å². The number of aliphatic hydroxyl groups excluding tert-OH is 1. The lowest BCUT2D eigenvalue weighted by Gasteiger charge is -2.56. The number of fused-ring (bicyclic) bond motifs is 1. The topological polar surface area (TPSA) is 83.1 Å². The zero-order chi connectivity index (χ0) is 33.5. The van der Waals surface area contributed by atoms with Crippen molar-refractivity contribution in [1.29, 1.82) is 0 Å². The molecule has 49 heavy (non-hydrogen) atoms. The minimum Gasteiger partial charge on any atom is -0.392 e. The molecule has 5 fully saturated rings. The first-order chi connectivity index (χ1) is 23.8. The van der Waals surface area contributed by atoms with Gasteiger partial charge in [-0.05, 0) is 116 Å². The van der Waals surface area contributed by atoms with Crippen LogP contribution in [-0.2, 0) is 16.1 Å². The van der Waals surface area contributed by atoms with Gasteiger partial charge in [-0.3, -0.25) is 4.90 Å². The van der Waals surface area contributed by atoms with E-state index in [4.69, 9.17) is 9.47 Å². The number of ether oxygens (including phenoxy) is 2. The van der Waals surface area contributed by atoms with Gasteiger partial charge in [-0.15, -0.1) is 0 Å². The summed E-state index contributed by atoms with van der Waals surface area (Å²) in [5.74, 6) is 2.31. The molecule has 1 aliphatic heterocycles. The first-order valence-electron chi connectivity index (χ1n) is 18.2. The third-order valence-corrected chi connectivity index (χ3v) is 11.9. The molecule has 4 aromatic rings. The lowest BCUT2D eigenvalue weighted by molar-refractivity contribution is -0.253. The second-order valence-electron chi connectivity index (χ2n) is 15.5. The Morgan fingerprint density at radius 1 is 0.837 bits per heavy atom. The van der Waals surface area contributed by atoms with E-state index < -0.39 is 6.29 Å². The lowest BCUT2D eigenvalue weighted by Crippen LogP contribution is -2.60. The van der Waals surface area contributed by atoms with Crippen LogP contribution >= 0.6 is 0 Å². The van der Waals surface area contributed by atoms with Crippen molar-refractivity contribution in [3.05, 3.63) is 113 Å². The molecule has 0 radical (unpaired) electrons. The van der Waals surface area contributed by atoms with E-state index in [1.54, 1.807) is 0 Å². The summed E-state index contributed by atoms with van der Waals surface area (Å²) in [6.07, 6.45) is 7.22. The molecule has 3 N–H and O–H groups in total. The van der Waals surface area contributed by atoms with Gasteiger partial charge < -0.3 is 25.2 Å². The van der Waals surface area contributed by atoms with Crippen LogP contribution in [0, 0.1) is 17.8 Å². The van der Waals surface area contributed by atoms with Gasteiger partial charge in [0, 0.05) is 35.8 Å². The summed E-state index contributed by atoms with van der Waals surface area (Å²) >= 11 is 0. The average molecular weight is 660 g/mol. The zero-order valence-electron chi connectivity index (χ0n) is 28.7. The lowest BCUT2D eigenvalue weighted by atomic mass is 9.53. The predicted octanol–water partition coefficient (Wildman–Crippen LogP) is 8.66. The molecular formula is C42H49N3O4. The standard InChI is InChI=1S/C42H49N3O4/c1-27(34-15-14-32-6-3-4-7-35(32)19-34)45(2)25-38-21-39(33-12-10-28(26-46)11-13-33)49-40(48-38)36-8-5-9-37(20-36)43-41(47)44-42-22-29-16-30(23-42)18-31(17-29)24-42/h3-15,19-20,27,29-31,38-40,46H,16-18,21-26H2,1-2H3,(H2,43,44,47)/t27-,29?,30?,31?,38-,39+,40+,42?/m1/s1. The van der Waals surface area contributed by atoms with Gasteiger partial charge in [0.2, 0.25) is 0 Å². The minimum absolute atomic E-state index is 0.00779. The highest BCUT2D eigenvalue weighted by Crippen LogP contribution is 2.55. The number of nitrogens with one attached hydrogen (secondary N) is 2. The summed E-state index contributed by atoms with van der Waals surface area (Å²) in [5, 5.41) is 18.7. The number of likely N-dealkylation sites (N-methyl/N-ethyl adjacent to an activating group) is 1. The molecule has 2 amide bonds. The Hall–Kier alpha value is -3.75. The van der Waals surface area contributed by atoms with E-state index in [1.807, 2.05) is 48.5 Å². The Labute approximate surface area is 290 Å². The Bertz CT molecular complexity index is 1760. The van der Waals surface area contributed by atoms with Crippen molar-refractivity contribution in [1.82, 2.24) is 10.2 Å². The Balaban J connectivity index is 0.984. The van der Waals surface area contributed by atoms with Crippen LogP contribution in [0.4, 0.5) is 10.5 Å². The van der Waals surface area contributed by atoms with Crippen molar-refractivity contribution in [2.75, 3.05) is 18.9 Å². The molecule has 256 valence electrons. The summed E-state index contributed by atoms with van der Waals surface area (Å²) in [7, 11) is 2.16. The van der Waals surface area contributed by atoms with E-state index in [-0.39, 0.29) is 36.4 Å². The summed E-state index contributed by atoms with van der Waals surface area (Å²) in [5.41, 5.74) is 4.77. The molecule has 5 aliphatic rings. The van der Waals surface area contributed by atoms with Gasteiger partial charge in [0.25, 0.3) is 0 Å². The highest BCUT2D eigenvalue weighted by Gasteiger charge is 2.51. The molecule has 4 aliphatic carbocycles. The van der Waals surface area contributed by atoms with Gasteiger partial charge >= 0.3 is 6.03 Å². The van der Waals surface area contributed by atoms with E-state index in [2.05, 4.69) is 72.0 Å². The molecule has 4 saturated carbocycles. The Morgan fingerprint density at radius 2 is 1.55 bits per heavy atom. The number of hydrogen-bond acceptors (Lipinski definition) is 5. The molecule has 4 atom stereocenters. The molecule has 7 heteroatoms. The fourth-order valence-electron chi connectivity index (χ4n) is 9.66. The third-order valence-electron chi connectivity index (χ3n) is 11.9. The summed E-state index contributed by atoms with van der Waals surface area (Å²) in [6, 6.07) is 31.2. The van der Waals surface area contributed by atoms with E-state index in [0.717, 1.165) is 65.9 Å². The van der Waals surface area contributed by atoms with E-state index in [1.165, 1.54) is 35.6 Å². The SMILES string of the molecule is C[C@H](c1ccc2ccccc2c1)N(C)C[C@H]1C[C@@H](c2ccc(CO)cc2)O[C@@H](c2cccc(NC(=O)NC34CC5CC(CC(C5)C3)C4)c2)O1. The molecular weight excluding hydrogens is 610 g/mol. The molecule has 4 aromatic carbocycles. The molecule has 9 rings (SSSR count). The number of urea groups is 1. The van der Waals surface area contributed by atoms with E-state index in [0.29, 0.717) is 6.42 Å². The molecule has 4 bridgehead atoms. The van der Waals surface area contributed by atoms with Crippen LogP contribution in [0.25, 0.3) is 10.8 Å². The van der Waals surface area contributed by atoms with Crippen molar-refractivity contribution in [3.63, 3.8) is 0 Å². The Morgan fingerprint density at radius 3 is 2.27 bits per heavy atom. The maximum Gasteiger partial charge on any atom is 0.319 e. The maximum absolute atomic E-state index is 13.4. The van der Waals surface area contributed by atoms with Crippen LogP contribution < -0.4 is 10.6 Å². The monoisotopic (exact) mass is 659 g/mol. The smallest absolute Gasteiger partial charge is 0.319 e. The van der Waals surface area contributed by atoms with Crippen molar-refractivity contribution in [2.45, 2.75) is 88.6 Å². The number of hydrogen-bond donors (Lipinski definition) is 3. The molecule has 0 aromatic heterocycles. The summed E-state index contributed by atoms with van der Waals surface area (Å²) in [4.78, 5) is 15.7. The quantitative estimate of drug-likeness (QED) is 0.168. The van der Waals surface area contributed by atoms with Crippen molar-refractivity contribution >= 4 is 22.5 Å². The Kier molecular flexibility index (Phi) is 8.95. The van der Waals surface area contributed by atoms with Gasteiger partial charge in [-0.2, -0.15) is 0 Å². The predicted molar refractivity (Wildman–Crippen MR) is 193 cm³/mol. The van der Waals surface area contributed by atoms with Gasteiger partial charge in [0.05, 0.1) is 18.8 Å². The number of rotatable bonds is 9. The van der Waals surface area contributed by atoms with Crippen LogP contribution in [0.2, 0.25) is 0 Å². The highest BCUT2D eigenvalue weighted by molar-refractivity contribution is 5.90.